The molecule has 9 nitrogen and oxygen atoms in total. The molecule has 216 valence electrons. The van der Waals surface area contributed by atoms with Crippen molar-refractivity contribution >= 4 is 17.5 Å². The largest absolute Gasteiger partial charge is 0.355 e. The van der Waals surface area contributed by atoms with Crippen LogP contribution in [-0.2, 0) is 22.7 Å². The second-order valence-corrected chi connectivity index (χ2v) is 9.68. The van der Waals surface area contributed by atoms with Crippen LogP contribution in [0.25, 0.3) is 11.4 Å². The Morgan fingerprint density at radius 1 is 1.10 bits per heavy atom. The molecule has 40 heavy (non-hydrogen) atoms. The van der Waals surface area contributed by atoms with Crippen LogP contribution in [-0.4, -0.2) is 58.7 Å². The Balaban J connectivity index is 0.00000441. The van der Waals surface area contributed by atoms with Crippen LogP contribution in [0, 0.1) is 6.92 Å². The number of aromatic nitrogens is 2. The topological polar surface area (TPSA) is 94.8 Å². The number of amides is 2. The predicted molar refractivity (Wildman–Crippen MR) is 149 cm³/mol. The minimum atomic E-state index is -2.86. The highest BCUT2D eigenvalue weighted by molar-refractivity contribution is 5.87. The maximum absolute atomic E-state index is 13.4. The molecule has 1 N–H and O–H groups in total. The summed E-state index contributed by atoms with van der Waals surface area (Å²) in [6.45, 7) is 5.73. The molecule has 0 fully saturated rings. The van der Waals surface area contributed by atoms with Gasteiger partial charge in [0.15, 0.2) is 0 Å². The van der Waals surface area contributed by atoms with Crippen molar-refractivity contribution in [3.05, 3.63) is 65.0 Å². The molecule has 1 aliphatic rings. The average Bonchev–Trinajstić information content (AvgIpc) is 3.58. The molecule has 0 saturated heterocycles. The zero-order valence-corrected chi connectivity index (χ0v) is 22.5. The number of aryl methyl sites for hydroxylation is 1. The molecule has 2 heterocycles. The van der Waals surface area contributed by atoms with E-state index in [1.165, 1.54) is 11.1 Å². The molecule has 1 aromatic heterocycles. The first kappa shape index (κ1) is 30.7. The Kier molecular flexibility index (Phi) is 10.7. The number of unbranched alkanes of at least 4 members (excludes halogenated alkanes) is 2. The number of fused-ring (bicyclic) bond motifs is 1. The van der Waals surface area contributed by atoms with Gasteiger partial charge in [0.25, 0.3) is 11.8 Å². The molecule has 0 atom stereocenters. The first-order chi connectivity index (χ1) is 18.8. The molecular weight excluding hydrogens is 518 g/mol. The highest BCUT2D eigenvalue weighted by atomic mass is 19.3. The third-order valence-electron chi connectivity index (χ3n) is 6.80. The highest BCUT2D eigenvalue weighted by Gasteiger charge is 2.27. The summed E-state index contributed by atoms with van der Waals surface area (Å²) in [5.74, 6) is -1.04. The predicted octanol–water partition coefficient (Wildman–Crippen LogP) is 5.12. The lowest BCUT2D eigenvalue weighted by atomic mass is 10.1. The molecule has 0 aliphatic carbocycles. The average molecular weight is 557 g/mol. The minimum Gasteiger partial charge on any atom is -0.355 e. The number of nitrogens with zero attached hydrogens (tertiary/aromatic N) is 5. The van der Waals surface area contributed by atoms with Crippen LogP contribution >= 0.6 is 0 Å². The van der Waals surface area contributed by atoms with Crippen LogP contribution in [0.3, 0.4) is 0 Å². The fourth-order valence-corrected chi connectivity index (χ4v) is 4.60. The van der Waals surface area contributed by atoms with Gasteiger partial charge in [0, 0.05) is 37.9 Å². The van der Waals surface area contributed by atoms with Gasteiger partial charge in [0.2, 0.25) is 11.7 Å². The number of hydrazine groups is 1. The number of carbonyl (C=O) groups is 2. The number of anilines is 1. The van der Waals surface area contributed by atoms with Gasteiger partial charge in [0.1, 0.15) is 0 Å². The van der Waals surface area contributed by atoms with Crippen LogP contribution in [0.2, 0.25) is 0 Å². The Labute approximate surface area is 234 Å². The number of alkyl halides is 2. The fraction of sp³-hybridized carbons (Fsp3) is 0.448. The zero-order chi connectivity index (χ0) is 27.9. The van der Waals surface area contributed by atoms with Crippen molar-refractivity contribution in [3.63, 3.8) is 0 Å². The lowest BCUT2D eigenvalue weighted by Gasteiger charge is -2.32. The normalized spacial score (nSPS) is 12.7. The summed E-state index contributed by atoms with van der Waals surface area (Å²) in [5.41, 5.74) is 4.27. The molecule has 3 aromatic rings. The Morgan fingerprint density at radius 3 is 2.40 bits per heavy atom. The summed E-state index contributed by atoms with van der Waals surface area (Å²) < 4.78 is 30.4. The maximum atomic E-state index is 13.4. The van der Waals surface area contributed by atoms with Gasteiger partial charge in [-0.3, -0.25) is 14.6 Å². The third-order valence-corrected chi connectivity index (χ3v) is 6.80. The molecule has 1 aliphatic heterocycles. The van der Waals surface area contributed by atoms with E-state index in [1.807, 2.05) is 24.1 Å². The number of carbonyl (C=O) groups excluding carboxylic acids is 2. The number of hydrogen-bond donors (Lipinski definition) is 1. The zero-order valence-electron chi connectivity index (χ0n) is 22.5. The van der Waals surface area contributed by atoms with Gasteiger partial charge in [-0.25, -0.2) is 5.01 Å². The Morgan fingerprint density at radius 2 is 1.80 bits per heavy atom. The summed E-state index contributed by atoms with van der Waals surface area (Å²) in [7, 11) is 1.74. The number of halogens is 2. The standard InChI is InChI=1S/C28H34F2N6O3.CH4/c1-4-5-8-13-31-24(37)17-35(18-25(38)34(3)36-15-21-9-6-7-10-22(21)16-36)23-12-11-20(14-19(23)2)27-32-28(26(29)30)39-33-27;/h6-7,9-12,14,26H,4-5,8,13,15-18H2,1-3H3,(H,31,37);1H4. The van der Waals surface area contributed by atoms with E-state index in [4.69, 9.17) is 0 Å². The third kappa shape index (κ3) is 7.41. The van der Waals surface area contributed by atoms with Crippen molar-refractivity contribution in [2.45, 2.75) is 60.1 Å². The smallest absolute Gasteiger partial charge is 0.315 e. The molecule has 0 radical (unpaired) electrons. The van der Waals surface area contributed by atoms with E-state index in [9.17, 15) is 18.4 Å². The summed E-state index contributed by atoms with van der Waals surface area (Å²) >= 11 is 0. The second kappa shape index (κ2) is 14.0. The van der Waals surface area contributed by atoms with E-state index in [0.29, 0.717) is 30.9 Å². The van der Waals surface area contributed by atoms with Crippen LogP contribution in [0.1, 0.15) is 62.6 Å². The van der Waals surface area contributed by atoms with E-state index >= 15 is 0 Å². The van der Waals surface area contributed by atoms with Gasteiger partial charge in [-0.05, 0) is 48.2 Å². The number of hydrogen-bond acceptors (Lipinski definition) is 7. The van der Waals surface area contributed by atoms with Crippen molar-refractivity contribution in [2.75, 3.05) is 31.6 Å². The van der Waals surface area contributed by atoms with Gasteiger partial charge in [0.05, 0.1) is 13.1 Å². The Bertz CT molecular complexity index is 1270. The number of likely N-dealkylation sites (N-methyl/N-ethyl adjacent to an activating group) is 1. The van der Waals surface area contributed by atoms with Crippen LogP contribution in [0.4, 0.5) is 14.5 Å². The fourth-order valence-electron chi connectivity index (χ4n) is 4.60. The SMILES string of the molecule is C.CCCCCNC(=O)CN(CC(=O)N(C)N1Cc2ccccc2C1)c1ccc(-c2noc(C(F)F)n2)cc1C. The molecule has 0 unspecified atom stereocenters. The van der Waals surface area contributed by atoms with Gasteiger partial charge >= 0.3 is 6.43 Å². The number of benzene rings is 2. The first-order valence-electron chi connectivity index (χ1n) is 13.1. The maximum Gasteiger partial charge on any atom is 0.315 e. The Hall–Kier alpha value is -3.86. The molecule has 0 bridgehead atoms. The number of nitrogens with one attached hydrogen (secondary N) is 1. The molecule has 0 spiro atoms. The van der Waals surface area contributed by atoms with E-state index in [2.05, 4.69) is 39.0 Å². The second-order valence-electron chi connectivity index (χ2n) is 9.68. The molecular formula is C29H38F2N6O3. The van der Waals surface area contributed by atoms with Crippen molar-refractivity contribution in [2.24, 2.45) is 0 Å². The molecule has 2 aromatic carbocycles. The lowest BCUT2D eigenvalue weighted by Crippen LogP contribution is -2.48. The monoisotopic (exact) mass is 556 g/mol. The van der Waals surface area contributed by atoms with Crippen molar-refractivity contribution < 1.29 is 22.9 Å². The van der Waals surface area contributed by atoms with E-state index < -0.39 is 12.3 Å². The van der Waals surface area contributed by atoms with Crippen LogP contribution in [0.15, 0.2) is 47.0 Å². The van der Waals surface area contributed by atoms with E-state index in [1.54, 1.807) is 35.2 Å². The van der Waals surface area contributed by atoms with Gasteiger partial charge in [-0.2, -0.15) is 13.8 Å². The minimum absolute atomic E-state index is 0. The van der Waals surface area contributed by atoms with Crippen molar-refractivity contribution in [3.8, 4) is 11.4 Å². The van der Waals surface area contributed by atoms with Crippen molar-refractivity contribution in [1.82, 2.24) is 25.5 Å². The molecule has 11 heteroatoms. The summed E-state index contributed by atoms with van der Waals surface area (Å²) in [6.07, 6.45) is 0.103. The summed E-state index contributed by atoms with van der Waals surface area (Å²) in [5, 5.41) is 10.2. The van der Waals surface area contributed by atoms with Gasteiger partial charge in [-0.1, -0.05) is 56.6 Å². The lowest BCUT2D eigenvalue weighted by molar-refractivity contribution is -0.145. The van der Waals surface area contributed by atoms with Crippen LogP contribution in [0.5, 0.6) is 0 Å². The quantitative estimate of drug-likeness (QED) is 0.310. The summed E-state index contributed by atoms with van der Waals surface area (Å²) in [4.78, 5) is 31.7. The highest BCUT2D eigenvalue weighted by Crippen LogP contribution is 2.28. The first-order valence-corrected chi connectivity index (χ1v) is 13.1. The molecule has 4 rings (SSSR count). The van der Waals surface area contributed by atoms with E-state index in [-0.39, 0.29) is 38.2 Å². The van der Waals surface area contributed by atoms with Crippen LogP contribution < -0.4 is 10.2 Å². The van der Waals surface area contributed by atoms with Gasteiger partial charge in [-0.15, -0.1) is 0 Å². The molecule has 0 saturated carbocycles. The summed E-state index contributed by atoms with van der Waals surface area (Å²) in [6, 6.07) is 13.2. The molecule has 2 amide bonds. The van der Waals surface area contributed by atoms with E-state index in [0.717, 1.165) is 24.8 Å². The number of rotatable bonds is 12. The van der Waals surface area contributed by atoms with Crippen molar-refractivity contribution in [1.29, 1.82) is 0 Å². The van der Waals surface area contributed by atoms with Gasteiger partial charge < -0.3 is 14.7 Å².